The molecule has 0 spiro atoms. The highest BCUT2D eigenvalue weighted by molar-refractivity contribution is 7.10. The number of amides is 1. The summed E-state index contributed by atoms with van der Waals surface area (Å²) in [4.78, 5) is 18.7. The molecule has 0 atom stereocenters. The molecule has 2 aromatic rings. The fourth-order valence-electron chi connectivity index (χ4n) is 3.86. The molecule has 2 heterocycles. The maximum Gasteiger partial charge on any atom is 0.573 e. The lowest BCUT2D eigenvalue weighted by Gasteiger charge is -2.32. The fraction of sp³-hybridized carbons (Fsp3) is 0.565. The first kappa shape index (κ1) is 22.9. The van der Waals surface area contributed by atoms with Crippen molar-refractivity contribution in [2.75, 3.05) is 13.1 Å². The van der Waals surface area contributed by atoms with Crippen LogP contribution in [0.25, 0.3) is 11.3 Å². The summed E-state index contributed by atoms with van der Waals surface area (Å²) in [6.07, 6.45) is -1.52. The lowest BCUT2D eigenvalue weighted by atomic mass is 9.98. The summed E-state index contributed by atoms with van der Waals surface area (Å²) in [6, 6.07) is 4.81. The second kappa shape index (κ2) is 8.57. The summed E-state index contributed by atoms with van der Waals surface area (Å²) in [6.45, 7) is 6.72. The summed E-state index contributed by atoms with van der Waals surface area (Å²) < 4.78 is 48.0. The molecule has 0 radical (unpaired) electrons. The molecular formula is C23H27F3N2O3S. The van der Waals surface area contributed by atoms with Crippen LogP contribution in [0.1, 0.15) is 68.9 Å². The van der Waals surface area contributed by atoms with Crippen molar-refractivity contribution in [1.82, 2.24) is 9.88 Å². The lowest BCUT2D eigenvalue weighted by Crippen LogP contribution is -2.41. The van der Waals surface area contributed by atoms with Gasteiger partial charge in [0.2, 0.25) is 0 Å². The van der Waals surface area contributed by atoms with Gasteiger partial charge in [0.15, 0.2) is 0 Å². The fourth-order valence-corrected chi connectivity index (χ4v) is 4.86. The third kappa shape index (κ3) is 5.94. The zero-order valence-electron chi connectivity index (χ0n) is 18.4. The maximum atomic E-state index is 12.8. The average Bonchev–Trinajstić information content (AvgIpc) is 3.42. The molecule has 174 valence electrons. The van der Waals surface area contributed by atoms with Crippen molar-refractivity contribution < 1.29 is 27.4 Å². The van der Waals surface area contributed by atoms with E-state index in [1.54, 1.807) is 4.90 Å². The minimum Gasteiger partial charge on any atom is -0.444 e. The summed E-state index contributed by atoms with van der Waals surface area (Å²) in [5.41, 5.74) is 1.64. The van der Waals surface area contributed by atoms with E-state index in [1.165, 1.54) is 23.5 Å². The Kier molecular flexibility index (Phi) is 6.13. The van der Waals surface area contributed by atoms with Crippen molar-refractivity contribution in [2.24, 2.45) is 0 Å². The van der Waals surface area contributed by atoms with Crippen molar-refractivity contribution in [2.45, 2.75) is 70.3 Å². The number of rotatable bonds is 4. The summed E-state index contributed by atoms with van der Waals surface area (Å²) in [5.74, 6) is 0.308. The van der Waals surface area contributed by atoms with Crippen LogP contribution in [0.4, 0.5) is 18.0 Å². The van der Waals surface area contributed by atoms with E-state index in [0.717, 1.165) is 36.3 Å². The zero-order chi connectivity index (χ0) is 23.1. The first-order valence-electron chi connectivity index (χ1n) is 10.8. The lowest BCUT2D eigenvalue weighted by molar-refractivity contribution is -0.274. The number of piperidine rings is 1. The minimum absolute atomic E-state index is 0.197. The molecule has 1 saturated carbocycles. The van der Waals surface area contributed by atoms with E-state index in [1.807, 2.05) is 32.2 Å². The van der Waals surface area contributed by atoms with Crippen LogP contribution in [0.5, 0.6) is 5.75 Å². The monoisotopic (exact) mass is 468 g/mol. The molecule has 9 heteroatoms. The number of hydrogen-bond donors (Lipinski definition) is 0. The van der Waals surface area contributed by atoms with Gasteiger partial charge in [-0.25, -0.2) is 9.78 Å². The van der Waals surface area contributed by atoms with Crippen molar-refractivity contribution in [3.63, 3.8) is 0 Å². The number of alkyl halides is 3. The van der Waals surface area contributed by atoms with Crippen LogP contribution in [0.2, 0.25) is 0 Å². The van der Waals surface area contributed by atoms with Crippen molar-refractivity contribution in [3.05, 3.63) is 34.2 Å². The van der Waals surface area contributed by atoms with Crippen LogP contribution in [-0.2, 0) is 4.74 Å². The highest BCUT2D eigenvalue weighted by Crippen LogP contribution is 2.44. The summed E-state index contributed by atoms with van der Waals surface area (Å²) >= 11 is 1.51. The molecule has 1 aromatic carbocycles. The van der Waals surface area contributed by atoms with Crippen LogP contribution in [0.15, 0.2) is 23.6 Å². The Morgan fingerprint density at radius 2 is 1.75 bits per heavy atom. The van der Waals surface area contributed by atoms with E-state index >= 15 is 0 Å². The van der Waals surface area contributed by atoms with Gasteiger partial charge in [-0.2, -0.15) is 0 Å². The van der Waals surface area contributed by atoms with E-state index in [2.05, 4.69) is 4.74 Å². The molecule has 1 amide bonds. The number of carbonyl (C=O) groups is 1. The van der Waals surface area contributed by atoms with Crippen molar-refractivity contribution >= 4 is 17.4 Å². The van der Waals surface area contributed by atoms with Gasteiger partial charge in [-0.3, -0.25) is 0 Å². The van der Waals surface area contributed by atoms with Crippen LogP contribution in [-0.4, -0.2) is 41.0 Å². The van der Waals surface area contributed by atoms with Gasteiger partial charge in [0, 0.05) is 30.0 Å². The molecule has 1 aliphatic carbocycles. The van der Waals surface area contributed by atoms with Gasteiger partial charge in [-0.05, 0) is 76.1 Å². The Bertz CT molecular complexity index is 972. The van der Waals surface area contributed by atoms with Gasteiger partial charge in [0.05, 0.1) is 10.7 Å². The topological polar surface area (TPSA) is 51.7 Å². The number of thiazole rings is 1. The molecule has 2 aliphatic rings. The third-order valence-electron chi connectivity index (χ3n) is 5.52. The number of aromatic nitrogens is 1. The van der Waals surface area contributed by atoms with Crippen LogP contribution >= 0.6 is 11.3 Å². The largest absolute Gasteiger partial charge is 0.573 e. The predicted molar refractivity (Wildman–Crippen MR) is 116 cm³/mol. The van der Waals surface area contributed by atoms with E-state index in [0.29, 0.717) is 30.3 Å². The van der Waals surface area contributed by atoms with Crippen LogP contribution in [0.3, 0.4) is 0 Å². The Balaban J connectivity index is 1.46. The standard InChI is InChI=1S/C23H27F3N2O3S/c1-22(2,3)31-21(29)28-8-6-15(7-9-28)20-27-19(13-32-20)17-10-16(14-4-5-14)11-18(12-17)30-23(24,25)26/h10-15H,4-9H2,1-3H3. The number of nitrogens with zero attached hydrogens (tertiary/aromatic N) is 2. The van der Waals surface area contributed by atoms with Gasteiger partial charge in [0.1, 0.15) is 11.4 Å². The average molecular weight is 469 g/mol. The van der Waals surface area contributed by atoms with E-state index in [4.69, 9.17) is 9.72 Å². The van der Waals surface area contributed by atoms with E-state index < -0.39 is 12.0 Å². The summed E-state index contributed by atoms with van der Waals surface area (Å²) in [5, 5.41) is 2.83. The number of likely N-dealkylation sites (tertiary alicyclic amines) is 1. The Morgan fingerprint density at radius 3 is 2.34 bits per heavy atom. The van der Waals surface area contributed by atoms with Crippen molar-refractivity contribution in [3.8, 4) is 17.0 Å². The zero-order valence-corrected chi connectivity index (χ0v) is 19.2. The predicted octanol–water partition coefficient (Wildman–Crippen LogP) is 6.70. The smallest absolute Gasteiger partial charge is 0.444 e. The molecule has 1 aromatic heterocycles. The number of halogens is 3. The number of hydrogen-bond acceptors (Lipinski definition) is 5. The van der Waals surface area contributed by atoms with Gasteiger partial charge in [-0.1, -0.05) is 0 Å². The molecule has 5 nitrogen and oxygen atoms in total. The normalized spacial score (nSPS) is 18.0. The SMILES string of the molecule is CC(C)(C)OC(=O)N1CCC(c2nc(-c3cc(OC(F)(F)F)cc(C4CC4)c3)cs2)CC1. The molecular weight excluding hydrogens is 441 g/mol. The van der Waals surface area contributed by atoms with Gasteiger partial charge >= 0.3 is 12.5 Å². The Hall–Kier alpha value is -2.29. The second-order valence-corrected chi connectivity index (χ2v) is 10.3. The maximum absolute atomic E-state index is 12.8. The number of ether oxygens (including phenoxy) is 2. The third-order valence-corrected chi connectivity index (χ3v) is 6.53. The molecule has 2 fully saturated rings. The van der Waals surface area contributed by atoms with Gasteiger partial charge in [-0.15, -0.1) is 24.5 Å². The van der Waals surface area contributed by atoms with E-state index in [-0.39, 0.29) is 17.8 Å². The number of carbonyl (C=O) groups excluding carboxylic acids is 1. The van der Waals surface area contributed by atoms with Crippen LogP contribution in [0, 0.1) is 0 Å². The minimum atomic E-state index is -4.73. The molecule has 0 N–H and O–H groups in total. The molecule has 1 aliphatic heterocycles. The number of benzene rings is 1. The Morgan fingerprint density at radius 1 is 1.06 bits per heavy atom. The first-order chi connectivity index (χ1) is 15.0. The van der Waals surface area contributed by atoms with E-state index in [9.17, 15) is 18.0 Å². The molecule has 4 rings (SSSR count). The highest BCUT2D eigenvalue weighted by Gasteiger charge is 2.33. The highest BCUT2D eigenvalue weighted by atomic mass is 32.1. The molecule has 0 bridgehead atoms. The Labute approximate surface area is 189 Å². The summed E-state index contributed by atoms with van der Waals surface area (Å²) in [7, 11) is 0. The van der Waals surface area contributed by atoms with Gasteiger partial charge < -0.3 is 14.4 Å². The second-order valence-electron chi connectivity index (χ2n) is 9.43. The first-order valence-corrected chi connectivity index (χ1v) is 11.7. The molecule has 0 unspecified atom stereocenters. The van der Waals surface area contributed by atoms with Crippen molar-refractivity contribution in [1.29, 1.82) is 0 Å². The quantitative estimate of drug-likeness (QED) is 0.501. The molecule has 1 saturated heterocycles. The van der Waals surface area contributed by atoms with Crippen LogP contribution < -0.4 is 4.74 Å². The van der Waals surface area contributed by atoms with Gasteiger partial charge in [0.25, 0.3) is 0 Å². The molecule has 32 heavy (non-hydrogen) atoms.